The second kappa shape index (κ2) is 3.87. The molecule has 0 saturated carbocycles. The van der Waals surface area contributed by atoms with E-state index in [-0.39, 0.29) is 12.5 Å². The molecule has 0 radical (unpaired) electrons. The second-order valence-corrected chi connectivity index (χ2v) is 3.50. The Bertz CT molecular complexity index is 172. The summed E-state index contributed by atoms with van der Waals surface area (Å²) in [6.45, 7) is 3.81. The first-order valence-electron chi connectivity index (χ1n) is 4.25. The van der Waals surface area contributed by atoms with Crippen molar-refractivity contribution in [1.82, 2.24) is 10.2 Å². The van der Waals surface area contributed by atoms with Gasteiger partial charge in [0.1, 0.15) is 0 Å². The number of hydrogen-bond acceptors (Lipinski definition) is 3. The van der Waals surface area contributed by atoms with E-state index in [9.17, 15) is 4.79 Å². The summed E-state index contributed by atoms with van der Waals surface area (Å²) in [6.07, 6.45) is 0.232. The predicted octanol–water partition coefficient (Wildman–Crippen LogP) is -0.247. The maximum absolute atomic E-state index is 10.4. The minimum absolute atomic E-state index is 0.152. The van der Waals surface area contributed by atoms with Gasteiger partial charge >= 0.3 is 5.97 Å². The molecule has 4 heteroatoms. The van der Waals surface area contributed by atoms with Gasteiger partial charge in [-0.15, -0.1) is 0 Å². The van der Waals surface area contributed by atoms with Gasteiger partial charge in [-0.3, -0.25) is 4.79 Å². The van der Waals surface area contributed by atoms with Crippen molar-refractivity contribution in [3.8, 4) is 0 Å². The zero-order valence-electron chi connectivity index (χ0n) is 7.58. The Morgan fingerprint density at radius 1 is 1.75 bits per heavy atom. The quantitative estimate of drug-likeness (QED) is 0.603. The van der Waals surface area contributed by atoms with Gasteiger partial charge in [-0.05, 0) is 14.0 Å². The molecule has 0 amide bonds. The van der Waals surface area contributed by atoms with Crippen LogP contribution < -0.4 is 5.32 Å². The van der Waals surface area contributed by atoms with Crippen LogP contribution >= 0.6 is 0 Å². The summed E-state index contributed by atoms with van der Waals surface area (Å²) < 4.78 is 0. The molecule has 1 saturated heterocycles. The molecule has 2 atom stereocenters. The second-order valence-electron chi connectivity index (χ2n) is 3.50. The van der Waals surface area contributed by atoms with E-state index in [0.29, 0.717) is 6.04 Å². The highest BCUT2D eigenvalue weighted by atomic mass is 16.4. The molecule has 0 aliphatic carbocycles. The summed E-state index contributed by atoms with van der Waals surface area (Å²) in [5.41, 5.74) is 0. The highest BCUT2D eigenvalue weighted by molar-refractivity contribution is 5.67. The average molecular weight is 172 g/mol. The van der Waals surface area contributed by atoms with Crippen LogP contribution in [0.25, 0.3) is 0 Å². The Balaban J connectivity index is 2.39. The van der Waals surface area contributed by atoms with Crippen molar-refractivity contribution in [1.29, 1.82) is 0 Å². The average Bonchev–Trinajstić information content (AvgIpc) is 1.94. The standard InChI is InChI=1S/C8H16N2O2/c1-6-5-10(2)7(4-9-6)3-8(11)12/h6-7,9H,3-5H2,1-2H3,(H,11,12)/t6-,7-/m0/s1. The van der Waals surface area contributed by atoms with E-state index in [1.54, 1.807) is 0 Å². The molecule has 70 valence electrons. The Morgan fingerprint density at radius 2 is 2.42 bits per heavy atom. The van der Waals surface area contributed by atoms with Gasteiger partial charge in [-0.2, -0.15) is 0 Å². The van der Waals surface area contributed by atoms with Crippen LogP contribution in [0.15, 0.2) is 0 Å². The molecule has 1 rings (SSSR count). The van der Waals surface area contributed by atoms with Crippen LogP contribution in [0.3, 0.4) is 0 Å². The zero-order chi connectivity index (χ0) is 9.14. The van der Waals surface area contributed by atoms with Gasteiger partial charge in [0, 0.05) is 25.2 Å². The highest BCUT2D eigenvalue weighted by Crippen LogP contribution is 2.07. The maximum Gasteiger partial charge on any atom is 0.304 e. The summed E-state index contributed by atoms with van der Waals surface area (Å²) >= 11 is 0. The lowest BCUT2D eigenvalue weighted by Gasteiger charge is -2.35. The topological polar surface area (TPSA) is 52.6 Å². The van der Waals surface area contributed by atoms with Gasteiger partial charge in [0.25, 0.3) is 0 Å². The lowest BCUT2D eigenvalue weighted by molar-refractivity contribution is -0.138. The summed E-state index contributed by atoms with van der Waals surface area (Å²) in [4.78, 5) is 12.5. The third kappa shape index (κ3) is 2.46. The molecule has 0 aromatic rings. The molecule has 2 N–H and O–H groups in total. The van der Waals surface area contributed by atoms with Crippen LogP contribution in [0.5, 0.6) is 0 Å². The number of carbonyl (C=O) groups is 1. The van der Waals surface area contributed by atoms with E-state index in [2.05, 4.69) is 17.1 Å². The van der Waals surface area contributed by atoms with E-state index in [4.69, 9.17) is 5.11 Å². The van der Waals surface area contributed by atoms with Crippen LogP contribution in [0, 0.1) is 0 Å². The molecular formula is C8H16N2O2. The molecule has 4 nitrogen and oxygen atoms in total. The summed E-state index contributed by atoms with van der Waals surface area (Å²) in [5.74, 6) is -0.719. The summed E-state index contributed by atoms with van der Waals surface area (Å²) in [6, 6.07) is 0.624. The number of carboxylic acid groups (broad SMARTS) is 1. The number of aliphatic carboxylic acids is 1. The van der Waals surface area contributed by atoms with E-state index in [1.165, 1.54) is 0 Å². The molecule has 0 aromatic heterocycles. The predicted molar refractivity (Wildman–Crippen MR) is 46.1 cm³/mol. The Kier molecular flexibility index (Phi) is 3.05. The molecule has 1 heterocycles. The summed E-state index contributed by atoms with van der Waals surface area (Å²) in [5, 5.41) is 11.9. The minimum atomic E-state index is -0.719. The van der Waals surface area contributed by atoms with E-state index in [1.807, 2.05) is 7.05 Å². The molecule has 0 spiro atoms. The van der Waals surface area contributed by atoms with Crippen molar-refractivity contribution < 1.29 is 9.90 Å². The van der Waals surface area contributed by atoms with Crippen molar-refractivity contribution in [3.05, 3.63) is 0 Å². The van der Waals surface area contributed by atoms with E-state index < -0.39 is 5.97 Å². The summed E-state index contributed by atoms with van der Waals surface area (Å²) in [7, 11) is 1.98. The number of hydrogen-bond donors (Lipinski definition) is 2. The van der Waals surface area contributed by atoms with Crippen molar-refractivity contribution >= 4 is 5.97 Å². The Hall–Kier alpha value is -0.610. The van der Waals surface area contributed by atoms with Crippen molar-refractivity contribution in [3.63, 3.8) is 0 Å². The first kappa shape index (κ1) is 9.48. The largest absolute Gasteiger partial charge is 0.481 e. The Morgan fingerprint density at radius 3 is 2.92 bits per heavy atom. The van der Waals surface area contributed by atoms with E-state index in [0.717, 1.165) is 13.1 Å². The lowest BCUT2D eigenvalue weighted by atomic mass is 10.1. The van der Waals surface area contributed by atoms with Gasteiger partial charge in [0.2, 0.25) is 0 Å². The van der Waals surface area contributed by atoms with Crippen molar-refractivity contribution in [2.75, 3.05) is 20.1 Å². The fourth-order valence-corrected chi connectivity index (χ4v) is 1.57. The van der Waals surface area contributed by atoms with Gasteiger partial charge in [-0.1, -0.05) is 0 Å². The molecule has 1 aliphatic heterocycles. The number of likely N-dealkylation sites (N-methyl/N-ethyl adjacent to an activating group) is 1. The van der Waals surface area contributed by atoms with Crippen LogP contribution in [-0.4, -0.2) is 48.2 Å². The molecule has 1 fully saturated rings. The van der Waals surface area contributed by atoms with E-state index >= 15 is 0 Å². The number of piperazine rings is 1. The monoisotopic (exact) mass is 172 g/mol. The normalized spacial score (nSPS) is 31.8. The molecular weight excluding hydrogens is 156 g/mol. The SMILES string of the molecule is C[C@H]1CN(C)[C@@H](CC(=O)O)CN1. The van der Waals surface area contributed by atoms with Crippen LogP contribution in [0.2, 0.25) is 0 Å². The van der Waals surface area contributed by atoms with Gasteiger partial charge in [0.15, 0.2) is 0 Å². The third-order valence-electron chi connectivity index (χ3n) is 2.30. The zero-order valence-corrected chi connectivity index (χ0v) is 7.58. The fraction of sp³-hybridized carbons (Fsp3) is 0.875. The third-order valence-corrected chi connectivity index (χ3v) is 2.30. The van der Waals surface area contributed by atoms with Gasteiger partial charge in [-0.25, -0.2) is 0 Å². The minimum Gasteiger partial charge on any atom is -0.481 e. The molecule has 0 unspecified atom stereocenters. The Labute approximate surface area is 72.6 Å². The molecule has 12 heavy (non-hydrogen) atoms. The van der Waals surface area contributed by atoms with Crippen LogP contribution in [0.4, 0.5) is 0 Å². The fourth-order valence-electron chi connectivity index (χ4n) is 1.57. The number of carboxylic acids is 1. The van der Waals surface area contributed by atoms with Crippen LogP contribution in [0.1, 0.15) is 13.3 Å². The maximum atomic E-state index is 10.4. The smallest absolute Gasteiger partial charge is 0.304 e. The lowest BCUT2D eigenvalue weighted by Crippen LogP contribution is -2.54. The number of nitrogens with zero attached hydrogens (tertiary/aromatic N) is 1. The first-order valence-corrected chi connectivity index (χ1v) is 4.25. The van der Waals surface area contributed by atoms with Gasteiger partial charge in [0.05, 0.1) is 6.42 Å². The highest BCUT2D eigenvalue weighted by Gasteiger charge is 2.24. The van der Waals surface area contributed by atoms with Gasteiger partial charge < -0.3 is 15.3 Å². The number of nitrogens with one attached hydrogen (secondary N) is 1. The molecule has 1 aliphatic rings. The first-order chi connectivity index (χ1) is 5.59. The molecule has 0 bridgehead atoms. The molecule has 0 aromatic carbocycles. The van der Waals surface area contributed by atoms with Crippen LogP contribution in [-0.2, 0) is 4.79 Å². The van der Waals surface area contributed by atoms with Crippen molar-refractivity contribution in [2.24, 2.45) is 0 Å². The number of rotatable bonds is 2. The van der Waals surface area contributed by atoms with Crippen molar-refractivity contribution in [2.45, 2.75) is 25.4 Å².